The molecular formula is C15H21NO. The zero-order valence-corrected chi connectivity index (χ0v) is 10.8. The maximum absolute atomic E-state index is 5.98. The summed E-state index contributed by atoms with van der Waals surface area (Å²) in [6.07, 6.45) is 8.24. The van der Waals surface area contributed by atoms with Gasteiger partial charge in [0.15, 0.2) is 0 Å². The third-order valence-corrected chi connectivity index (χ3v) is 3.18. The average Bonchev–Trinajstić information content (AvgIpc) is 2.27. The molecule has 0 saturated heterocycles. The Balaban J connectivity index is 2.14. The molecule has 1 saturated carbocycles. The molecule has 0 radical (unpaired) electrons. The van der Waals surface area contributed by atoms with E-state index < -0.39 is 0 Å². The van der Waals surface area contributed by atoms with E-state index in [1.807, 2.05) is 18.3 Å². The van der Waals surface area contributed by atoms with Gasteiger partial charge in [-0.1, -0.05) is 25.5 Å². The number of nitrogens with zero attached hydrogens (tertiary/aromatic N) is 1. The van der Waals surface area contributed by atoms with Gasteiger partial charge in [0.2, 0.25) is 0 Å². The van der Waals surface area contributed by atoms with Crippen LogP contribution in [0.5, 0.6) is 5.75 Å². The lowest BCUT2D eigenvalue weighted by Crippen LogP contribution is -2.24. The minimum atomic E-state index is 0.414. The van der Waals surface area contributed by atoms with Crippen molar-refractivity contribution in [2.24, 2.45) is 4.99 Å². The molecule has 1 aromatic carbocycles. The predicted molar refractivity (Wildman–Crippen MR) is 72.5 cm³/mol. The van der Waals surface area contributed by atoms with Crippen molar-refractivity contribution in [1.29, 1.82) is 0 Å². The Labute approximate surface area is 104 Å². The largest absolute Gasteiger partial charge is 0.488 e. The van der Waals surface area contributed by atoms with E-state index in [0.29, 0.717) is 6.10 Å². The molecule has 1 fully saturated rings. The molecule has 1 aliphatic carbocycles. The second kappa shape index (κ2) is 5.85. The average molecular weight is 231 g/mol. The lowest BCUT2D eigenvalue weighted by Gasteiger charge is -2.27. The van der Waals surface area contributed by atoms with E-state index in [9.17, 15) is 0 Å². The van der Waals surface area contributed by atoms with Gasteiger partial charge in [0.25, 0.3) is 0 Å². The van der Waals surface area contributed by atoms with Crippen LogP contribution in [0.25, 0.3) is 0 Å². The molecule has 0 unspecified atom stereocenters. The molecule has 0 spiro atoms. The summed E-state index contributed by atoms with van der Waals surface area (Å²) in [7, 11) is 0. The van der Waals surface area contributed by atoms with E-state index in [1.165, 1.54) is 24.8 Å². The highest BCUT2D eigenvalue weighted by molar-refractivity contribution is 5.68. The molecule has 0 atom stereocenters. The van der Waals surface area contributed by atoms with Gasteiger partial charge in [-0.15, -0.1) is 0 Å². The smallest absolute Gasteiger partial charge is 0.145 e. The summed E-state index contributed by atoms with van der Waals surface area (Å²) in [4.78, 5) is 4.56. The Morgan fingerprint density at radius 1 is 1.41 bits per heavy atom. The molecule has 0 aromatic heterocycles. The summed E-state index contributed by atoms with van der Waals surface area (Å²) in [5.41, 5.74) is 2.20. The van der Waals surface area contributed by atoms with Gasteiger partial charge in [-0.25, -0.2) is 0 Å². The van der Waals surface area contributed by atoms with Crippen LogP contribution in [0, 0.1) is 6.92 Å². The molecule has 92 valence electrons. The molecule has 0 bridgehead atoms. The third kappa shape index (κ3) is 3.09. The second-order valence-electron chi connectivity index (χ2n) is 4.69. The maximum atomic E-state index is 5.98. The molecule has 1 aromatic rings. The summed E-state index contributed by atoms with van der Waals surface area (Å²) >= 11 is 0. The van der Waals surface area contributed by atoms with Gasteiger partial charge in [-0.05, 0) is 44.2 Å². The van der Waals surface area contributed by atoms with E-state index >= 15 is 0 Å². The van der Waals surface area contributed by atoms with Crippen LogP contribution in [0.2, 0.25) is 0 Å². The minimum absolute atomic E-state index is 0.414. The van der Waals surface area contributed by atoms with E-state index in [1.54, 1.807) is 0 Å². The number of benzene rings is 1. The summed E-state index contributed by atoms with van der Waals surface area (Å²) in [5, 5.41) is 0. The molecule has 0 heterocycles. The van der Waals surface area contributed by atoms with Gasteiger partial charge in [0, 0.05) is 6.21 Å². The topological polar surface area (TPSA) is 21.6 Å². The Morgan fingerprint density at radius 2 is 2.24 bits per heavy atom. The van der Waals surface area contributed by atoms with Gasteiger partial charge in [-0.2, -0.15) is 0 Å². The molecule has 2 heteroatoms. The first-order valence-corrected chi connectivity index (χ1v) is 6.60. The first-order chi connectivity index (χ1) is 8.31. The molecule has 2 rings (SSSR count). The number of unbranched alkanes of at least 4 members (excludes halogenated alkanes) is 1. The summed E-state index contributed by atoms with van der Waals surface area (Å²) in [5.74, 6) is 0.946. The normalized spacial score (nSPS) is 16.1. The number of rotatable bonds is 5. The van der Waals surface area contributed by atoms with Gasteiger partial charge in [0.05, 0.1) is 6.10 Å². The highest BCUT2D eigenvalue weighted by atomic mass is 16.5. The van der Waals surface area contributed by atoms with E-state index in [2.05, 4.69) is 24.9 Å². The van der Waals surface area contributed by atoms with Crippen molar-refractivity contribution in [3.8, 4) is 5.75 Å². The highest BCUT2D eigenvalue weighted by Gasteiger charge is 2.20. The van der Waals surface area contributed by atoms with Crippen LogP contribution in [-0.4, -0.2) is 12.3 Å². The van der Waals surface area contributed by atoms with Crippen LogP contribution < -0.4 is 4.74 Å². The van der Waals surface area contributed by atoms with Crippen LogP contribution >= 0.6 is 0 Å². The van der Waals surface area contributed by atoms with Crippen molar-refractivity contribution >= 4 is 11.9 Å². The molecular weight excluding hydrogens is 210 g/mol. The Hall–Kier alpha value is -1.31. The number of hydrogen-bond donors (Lipinski definition) is 0. The molecule has 17 heavy (non-hydrogen) atoms. The van der Waals surface area contributed by atoms with Gasteiger partial charge in [0.1, 0.15) is 11.4 Å². The maximum Gasteiger partial charge on any atom is 0.145 e. The van der Waals surface area contributed by atoms with Crippen molar-refractivity contribution in [2.75, 3.05) is 0 Å². The van der Waals surface area contributed by atoms with Crippen molar-refractivity contribution < 1.29 is 4.74 Å². The first kappa shape index (κ1) is 12.2. The van der Waals surface area contributed by atoms with E-state index in [-0.39, 0.29) is 0 Å². The SMILES string of the molecule is CCC/C=N\c1c(C)cccc1OC1CCC1. The highest BCUT2D eigenvalue weighted by Crippen LogP contribution is 2.34. The van der Waals surface area contributed by atoms with Gasteiger partial charge < -0.3 is 4.74 Å². The van der Waals surface area contributed by atoms with Crippen LogP contribution in [0.1, 0.15) is 44.6 Å². The molecule has 0 N–H and O–H groups in total. The minimum Gasteiger partial charge on any atom is -0.488 e. The quantitative estimate of drug-likeness (QED) is 0.687. The Morgan fingerprint density at radius 3 is 2.88 bits per heavy atom. The zero-order chi connectivity index (χ0) is 12.1. The van der Waals surface area contributed by atoms with Crippen molar-refractivity contribution in [3.63, 3.8) is 0 Å². The second-order valence-corrected chi connectivity index (χ2v) is 4.69. The Kier molecular flexibility index (Phi) is 4.18. The van der Waals surface area contributed by atoms with Gasteiger partial charge >= 0.3 is 0 Å². The van der Waals surface area contributed by atoms with Crippen LogP contribution in [0.4, 0.5) is 5.69 Å². The first-order valence-electron chi connectivity index (χ1n) is 6.60. The van der Waals surface area contributed by atoms with Gasteiger partial charge in [-0.3, -0.25) is 4.99 Å². The van der Waals surface area contributed by atoms with E-state index in [0.717, 1.165) is 24.3 Å². The van der Waals surface area contributed by atoms with E-state index in [4.69, 9.17) is 4.74 Å². The number of ether oxygens (including phenoxy) is 1. The standard InChI is InChI=1S/C15H21NO/c1-3-4-11-16-15-12(2)7-5-10-14(15)17-13-8-6-9-13/h5,7,10-11,13H,3-4,6,8-9H2,1-2H3/b16-11-. The number of para-hydroxylation sites is 1. The lowest BCUT2D eigenvalue weighted by atomic mass is 9.96. The Bertz CT molecular complexity index is 394. The molecule has 2 nitrogen and oxygen atoms in total. The fraction of sp³-hybridized carbons (Fsp3) is 0.533. The predicted octanol–water partition coefficient (Wildman–Crippen LogP) is 4.43. The molecule has 0 aliphatic heterocycles. The monoisotopic (exact) mass is 231 g/mol. The number of hydrogen-bond acceptors (Lipinski definition) is 2. The van der Waals surface area contributed by atoms with Crippen molar-refractivity contribution in [1.82, 2.24) is 0 Å². The van der Waals surface area contributed by atoms with Crippen molar-refractivity contribution in [3.05, 3.63) is 23.8 Å². The van der Waals surface area contributed by atoms with Crippen LogP contribution in [0.15, 0.2) is 23.2 Å². The number of aryl methyl sites for hydroxylation is 1. The van der Waals surface area contributed by atoms with Crippen molar-refractivity contribution in [2.45, 2.75) is 52.1 Å². The summed E-state index contributed by atoms with van der Waals surface area (Å²) in [6, 6.07) is 6.17. The fourth-order valence-electron chi connectivity index (χ4n) is 1.85. The fourth-order valence-corrected chi connectivity index (χ4v) is 1.85. The molecule has 1 aliphatic rings. The number of aliphatic imine (C=N–C) groups is 1. The van der Waals surface area contributed by atoms with Crippen LogP contribution in [0.3, 0.4) is 0 Å². The summed E-state index contributed by atoms with van der Waals surface area (Å²) < 4.78 is 5.98. The third-order valence-electron chi connectivity index (χ3n) is 3.18. The summed E-state index contributed by atoms with van der Waals surface area (Å²) in [6.45, 7) is 4.25. The van der Waals surface area contributed by atoms with Crippen LogP contribution in [-0.2, 0) is 0 Å². The zero-order valence-electron chi connectivity index (χ0n) is 10.8. The lowest BCUT2D eigenvalue weighted by molar-refractivity contribution is 0.121. The molecule has 0 amide bonds.